The zero-order valence-corrected chi connectivity index (χ0v) is 13.6. The third-order valence-corrected chi connectivity index (χ3v) is 9.96. The summed E-state index contributed by atoms with van der Waals surface area (Å²) in [6.45, 7) is -0.812. The molecule has 4 N–H and O–H groups in total. The van der Waals surface area contributed by atoms with Crippen molar-refractivity contribution in [2.75, 3.05) is 37.1 Å². The van der Waals surface area contributed by atoms with Gasteiger partial charge in [0.25, 0.3) is 10.1 Å². The highest BCUT2D eigenvalue weighted by Gasteiger charge is 2.33. The van der Waals surface area contributed by atoms with E-state index in [2.05, 4.69) is 5.87 Å². The van der Waals surface area contributed by atoms with Crippen LogP contribution in [0.2, 0.25) is 0 Å². The molecule has 0 bridgehead atoms. The molecule has 22 heavy (non-hydrogen) atoms. The Morgan fingerprint density at radius 2 is 1.50 bits per heavy atom. The zero-order chi connectivity index (χ0) is 17.0. The van der Waals surface area contributed by atoms with E-state index < -0.39 is 29.6 Å². The molecule has 0 aliphatic heterocycles. The molecule has 0 fully saturated rings. The van der Waals surface area contributed by atoms with Crippen molar-refractivity contribution in [3.63, 3.8) is 0 Å². The summed E-state index contributed by atoms with van der Waals surface area (Å²) >= 11 is 0. The molecule has 1 rings (SSSR count). The Labute approximate surface area is 128 Å². The summed E-state index contributed by atoms with van der Waals surface area (Å²) in [5, 5.41) is 28.0. The monoisotopic (exact) mass is 356 g/mol. The zero-order valence-electron chi connectivity index (χ0n) is 12.0. The molecule has 0 heterocycles. The first-order valence-corrected chi connectivity index (χ1v) is 10.6. The van der Waals surface area contributed by atoms with Crippen molar-refractivity contribution in [1.82, 2.24) is 0 Å². The average Bonchev–Trinajstić information content (AvgIpc) is 2.38. The molecule has 0 amide bonds. The van der Waals surface area contributed by atoms with Crippen LogP contribution in [-0.4, -0.2) is 71.2 Å². The lowest BCUT2D eigenvalue weighted by Crippen LogP contribution is -2.27. The van der Waals surface area contributed by atoms with Gasteiger partial charge in [0.2, 0.25) is 0 Å². The summed E-state index contributed by atoms with van der Waals surface area (Å²) in [5.74, 6) is 3.41. The Morgan fingerprint density at radius 3 is 1.82 bits per heavy atom. The van der Waals surface area contributed by atoms with Crippen molar-refractivity contribution in [2.45, 2.75) is 9.79 Å². The first kappa shape index (κ1) is 19.2. The molecule has 0 radical (unpaired) electrons. The van der Waals surface area contributed by atoms with Gasteiger partial charge >= 0.3 is 0 Å². The van der Waals surface area contributed by atoms with Crippen molar-refractivity contribution in [3.8, 4) is 0 Å². The summed E-state index contributed by atoms with van der Waals surface area (Å²) in [6, 6.07) is 3.17. The molecular formula is C13H21FO6S2. The molecule has 0 saturated heterocycles. The molecule has 9 heteroatoms. The molecule has 1 aromatic rings. The van der Waals surface area contributed by atoms with Crippen LogP contribution in [0, 0.1) is 5.82 Å². The van der Waals surface area contributed by atoms with Crippen LogP contribution in [0.25, 0.3) is 0 Å². The van der Waals surface area contributed by atoms with Crippen LogP contribution >= 0.6 is 8.75 Å². The van der Waals surface area contributed by atoms with Gasteiger partial charge in [0, 0.05) is 17.3 Å². The Kier molecular flexibility index (Phi) is 5.88. The summed E-state index contributed by atoms with van der Waals surface area (Å²) in [6.07, 6.45) is 0. The van der Waals surface area contributed by atoms with Gasteiger partial charge in [0.05, 0.1) is 19.8 Å². The lowest BCUT2D eigenvalue weighted by Gasteiger charge is -2.48. The SMILES string of the molecule is C=S(CCO)(CCO)(CCO)c1ccc(S(=O)(=O)O)c(F)c1. The van der Waals surface area contributed by atoms with Crippen molar-refractivity contribution in [1.29, 1.82) is 0 Å². The van der Waals surface area contributed by atoms with Gasteiger partial charge in [0.15, 0.2) is 0 Å². The lowest BCUT2D eigenvalue weighted by molar-refractivity contribution is 0.310. The number of halogens is 1. The third-order valence-electron chi connectivity index (χ3n) is 3.73. The van der Waals surface area contributed by atoms with Crippen molar-refractivity contribution >= 4 is 24.7 Å². The molecule has 0 saturated carbocycles. The Bertz CT molecular complexity index is 672. The number of aliphatic hydroxyl groups excluding tert-OH is 3. The predicted molar refractivity (Wildman–Crippen MR) is 85.1 cm³/mol. The molecule has 0 unspecified atom stereocenters. The Balaban J connectivity index is 3.57. The first-order chi connectivity index (χ1) is 10.1. The molecule has 0 aliphatic rings. The number of benzene rings is 1. The van der Waals surface area contributed by atoms with Gasteiger partial charge < -0.3 is 15.3 Å². The van der Waals surface area contributed by atoms with Crippen LogP contribution < -0.4 is 0 Å². The molecule has 0 aliphatic carbocycles. The van der Waals surface area contributed by atoms with Crippen LogP contribution in [-0.2, 0) is 10.1 Å². The summed E-state index contributed by atoms with van der Waals surface area (Å²) in [5.41, 5.74) is 0. The van der Waals surface area contributed by atoms with Crippen LogP contribution in [0.15, 0.2) is 28.0 Å². The van der Waals surface area contributed by atoms with Gasteiger partial charge in [-0.05, 0) is 23.1 Å². The minimum atomic E-state index is -4.68. The lowest BCUT2D eigenvalue weighted by atomic mass is 10.3. The van der Waals surface area contributed by atoms with Gasteiger partial charge in [-0.2, -0.15) is 8.42 Å². The second kappa shape index (κ2) is 6.73. The number of rotatable bonds is 8. The van der Waals surface area contributed by atoms with E-state index >= 15 is 0 Å². The smallest absolute Gasteiger partial charge is 0.297 e. The van der Waals surface area contributed by atoms with Crippen molar-refractivity contribution < 1.29 is 32.7 Å². The maximum Gasteiger partial charge on any atom is 0.297 e. The van der Waals surface area contributed by atoms with E-state index in [1.807, 2.05) is 0 Å². The summed E-state index contributed by atoms with van der Waals surface area (Å²) in [7, 11) is -7.68. The fraction of sp³-hybridized carbons (Fsp3) is 0.462. The van der Waals surface area contributed by atoms with Crippen LogP contribution in [0.1, 0.15) is 0 Å². The number of aliphatic hydroxyl groups is 3. The van der Waals surface area contributed by atoms with Gasteiger partial charge in [-0.25, -0.2) is 13.1 Å². The van der Waals surface area contributed by atoms with Crippen LogP contribution in [0.5, 0.6) is 0 Å². The van der Waals surface area contributed by atoms with Crippen molar-refractivity contribution in [3.05, 3.63) is 24.0 Å². The van der Waals surface area contributed by atoms with Crippen LogP contribution in [0.3, 0.4) is 0 Å². The largest absolute Gasteiger partial charge is 0.396 e. The first-order valence-electron chi connectivity index (χ1n) is 6.45. The highest BCUT2D eigenvalue weighted by molar-refractivity contribution is 8.46. The maximum atomic E-state index is 14.0. The second-order valence-electron chi connectivity index (χ2n) is 5.15. The van der Waals surface area contributed by atoms with Gasteiger partial charge in [-0.3, -0.25) is 4.55 Å². The molecule has 1 aromatic carbocycles. The molecule has 0 atom stereocenters. The van der Waals surface area contributed by atoms with Gasteiger partial charge in [-0.1, -0.05) is 5.87 Å². The Morgan fingerprint density at radius 1 is 1.05 bits per heavy atom. The Hall–Kier alpha value is -0.840. The van der Waals surface area contributed by atoms with Crippen molar-refractivity contribution in [2.24, 2.45) is 0 Å². The molecule has 0 aromatic heterocycles. The second-order valence-corrected chi connectivity index (χ2v) is 11.8. The van der Waals surface area contributed by atoms with E-state index in [1.54, 1.807) is 0 Å². The minimum absolute atomic E-state index is 0.142. The minimum Gasteiger partial charge on any atom is -0.396 e. The third kappa shape index (κ3) is 3.73. The fourth-order valence-electron chi connectivity index (χ4n) is 2.43. The quantitative estimate of drug-likeness (QED) is 0.390. The van der Waals surface area contributed by atoms with E-state index in [4.69, 9.17) is 4.55 Å². The molecule has 128 valence electrons. The van der Waals surface area contributed by atoms with E-state index in [9.17, 15) is 28.1 Å². The molecule has 6 nitrogen and oxygen atoms in total. The van der Waals surface area contributed by atoms with E-state index in [1.165, 1.54) is 6.07 Å². The summed E-state index contributed by atoms with van der Waals surface area (Å²) < 4.78 is 45.1. The topological polar surface area (TPSA) is 115 Å². The summed E-state index contributed by atoms with van der Waals surface area (Å²) in [4.78, 5) is -0.520. The van der Waals surface area contributed by atoms with E-state index in [0.717, 1.165) is 12.1 Å². The highest BCUT2D eigenvalue weighted by Crippen LogP contribution is 2.63. The van der Waals surface area contributed by atoms with E-state index in [-0.39, 0.29) is 37.1 Å². The van der Waals surface area contributed by atoms with Crippen LogP contribution in [0.4, 0.5) is 4.39 Å². The number of hydrogen-bond acceptors (Lipinski definition) is 5. The predicted octanol–water partition coefficient (Wildman–Crippen LogP) is 0.180. The maximum absolute atomic E-state index is 14.0. The normalized spacial score (nSPS) is 14.5. The molecular weight excluding hydrogens is 335 g/mol. The highest BCUT2D eigenvalue weighted by atomic mass is 32.3. The standard InChI is InChI=1S/C13H21FO6S2/c1-22(7-4-15,8-5-16,9-6-17)11-2-3-13(12(14)10-11)21(18,19)20/h2-3,10,15-17H,1,4-9H2,(H,18,19,20). The fourth-order valence-corrected chi connectivity index (χ4v) is 6.62. The van der Waals surface area contributed by atoms with Gasteiger partial charge in [0.1, 0.15) is 10.7 Å². The molecule has 0 spiro atoms. The van der Waals surface area contributed by atoms with Gasteiger partial charge in [-0.15, -0.1) is 0 Å². The average molecular weight is 356 g/mol. The van der Waals surface area contributed by atoms with E-state index in [0.29, 0.717) is 4.90 Å². The number of hydrogen-bond donors (Lipinski definition) is 4.